The van der Waals surface area contributed by atoms with E-state index in [1.54, 1.807) is 0 Å². The Bertz CT molecular complexity index is 511. The van der Waals surface area contributed by atoms with Crippen molar-refractivity contribution < 1.29 is 0 Å². The van der Waals surface area contributed by atoms with Gasteiger partial charge in [-0.3, -0.25) is 4.98 Å². The van der Waals surface area contributed by atoms with Gasteiger partial charge < -0.3 is 5.32 Å². The average molecular weight is 261 g/mol. The van der Waals surface area contributed by atoms with Gasteiger partial charge >= 0.3 is 0 Å². The van der Waals surface area contributed by atoms with E-state index < -0.39 is 0 Å². The molecule has 3 heteroatoms. The predicted octanol–water partition coefficient (Wildman–Crippen LogP) is 3.90. The fourth-order valence-corrected chi connectivity index (χ4v) is 2.01. The van der Waals surface area contributed by atoms with Gasteiger partial charge in [-0.05, 0) is 42.3 Å². The van der Waals surface area contributed by atoms with Crippen molar-refractivity contribution in [2.75, 3.05) is 6.54 Å². The summed E-state index contributed by atoms with van der Waals surface area (Å²) >= 11 is 6.00. The van der Waals surface area contributed by atoms with Gasteiger partial charge in [0.05, 0.1) is 0 Å². The Kier molecular flexibility index (Phi) is 4.73. The van der Waals surface area contributed by atoms with E-state index in [9.17, 15) is 0 Å². The number of hydrogen-bond donors (Lipinski definition) is 1. The molecule has 0 fully saturated rings. The van der Waals surface area contributed by atoms with E-state index in [0.717, 1.165) is 35.7 Å². The van der Waals surface area contributed by atoms with Crippen molar-refractivity contribution in [1.82, 2.24) is 10.3 Å². The molecule has 1 N–H and O–H groups in total. The SMILES string of the molecule is CCCNCc1cncc(-c2cccc(Cl)c2)c1. The number of nitrogens with one attached hydrogen (secondary N) is 1. The highest BCUT2D eigenvalue weighted by atomic mass is 35.5. The lowest BCUT2D eigenvalue weighted by molar-refractivity contribution is 0.674. The van der Waals surface area contributed by atoms with Crippen molar-refractivity contribution in [3.8, 4) is 11.1 Å². The topological polar surface area (TPSA) is 24.9 Å². The number of aromatic nitrogens is 1. The summed E-state index contributed by atoms with van der Waals surface area (Å²) in [6.07, 6.45) is 4.91. The van der Waals surface area contributed by atoms with Gasteiger partial charge in [0.25, 0.3) is 0 Å². The van der Waals surface area contributed by atoms with Gasteiger partial charge in [-0.2, -0.15) is 0 Å². The quantitative estimate of drug-likeness (QED) is 0.825. The number of pyridine rings is 1. The van der Waals surface area contributed by atoms with Crippen LogP contribution in [0.15, 0.2) is 42.7 Å². The lowest BCUT2D eigenvalue weighted by atomic mass is 10.1. The minimum atomic E-state index is 0.752. The second-order valence-electron chi connectivity index (χ2n) is 4.27. The van der Waals surface area contributed by atoms with E-state index >= 15 is 0 Å². The highest BCUT2D eigenvalue weighted by molar-refractivity contribution is 6.30. The van der Waals surface area contributed by atoms with Gasteiger partial charge in [-0.25, -0.2) is 0 Å². The third kappa shape index (κ3) is 3.56. The maximum Gasteiger partial charge on any atom is 0.0412 e. The smallest absolute Gasteiger partial charge is 0.0412 e. The predicted molar refractivity (Wildman–Crippen MR) is 76.7 cm³/mol. The molecule has 0 aliphatic heterocycles. The standard InChI is InChI=1S/C15H17ClN2/c1-2-6-17-9-12-7-14(11-18-10-12)13-4-3-5-15(16)8-13/h3-5,7-8,10-11,17H,2,6,9H2,1H3. The fraction of sp³-hybridized carbons (Fsp3) is 0.267. The Morgan fingerprint density at radius 3 is 2.83 bits per heavy atom. The van der Waals surface area contributed by atoms with Crippen LogP contribution in [-0.2, 0) is 6.54 Å². The summed E-state index contributed by atoms with van der Waals surface area (Å²) in [6, 6.07) is 10.0. The number of nitrogens with zero attached hydrogens (tertiary/aromatic N) is 1. The number of rotatable bonds is 5. The molecule has 0 aliphatic rings. The summed E-state index contributed by atoms with van der Waals surface area (Å²) in [7, 11) is 0. The van der Waals surface area contributed by atoms with Crippen molar-refractivity contribution in [2.45, 2.75) is 19.9 Å². The number of benzene rings is 1. The van der Waals surface area contributed by atoms with Crippen LogP contribution in [-0.4, -0.2) is 11.5 Å². The summed E-state index contributed by atoms with van der Waals surface area (Å²) in [4.78, 5) is 4.29. The molecule has 0 amide bonds. The molecule has 18 heavy (non-hydrogen) atoms. The van der Waals surface area contributed by atoms with Crippen LogP contribution < -0.4 is 5.32 Å². The molecule has 94 valence electrons. The summed E-state index contributed by atoms with van der Waals surface area (Å²) in [5, 5.41) is 4.13. The van der Waals surface area contributed by atoms with Gasteiger partial charge in [-0.1, -0.05) is 30.7 Å². The largest absolute Gasteiger partial charge is 0.313 e. The number of hydrogen-bond acceptors (Lipinski definition) is 2. The van der Waals surface area contributed by atoms with Crippen molar-refractivity contribution in [3.05, 3.63) is 53.3 Å². The normalized spacial score (nSPS) is 10.6. The molecule has 1 aromatic heterocycles. The van der Waals surface area contributed by atoms with Crippen molar-refractivity contribution in [1.29, 1.82) is 0 Å². The maximum absolute atomic E-state index is 6.00. The van der Waals surface area contributed by atoms with Crippen molar-refractivity contribution in [3.63, 3.8) is 0 Å². The summed E-state index contributed by atoms with van der Waals surface area (Å²) in [5.41, 5.74) is 3.40. The molecule has 0 spiro atoms. The molecular formula is C15H17ClN2. The molecule has 1 aromatic carbocycles. The molecule has 0 unspecified atom stereocenters. The first kappa shape index (κ1) is 13.1. The molecule has 2 rings (SSSR count). The minimum Gasteiger partial charge on any atom is -0.313 e. The molecule has 0 bridgehead atoms. The molecule has 0 saturated carbocycles. The van der Waals surface area contributed by atoms with Gasteiger partial charge in [0, 0.05) is 29.5 Å². The highest BCUT2D eigenvalue weighted by Crippen LogP contribution is 2.22. The van der Waals surface area contributed by atoms with Crippen LogP contribution in [0.5, 0.6) is 0 Å². The Balaban J connectivity index is 2.16. The molecule has 2 aromatic rings. The van der Waals surface area contributed by atoms with Crippen LogP contribution in [0.3, 0.4) is 0 Å². The van der Waals surface area contributed by atoms with Crippen LogP contribution in [0.4, 0.5) is 0 Å². The molecule has 0 atom stereocenters. The average Bonchev–Trinajstić information content (AvgIpc) is 2.39. The van der Waals surface area contributed by atoms with Gasteiger partial charge in [0.15, 0.2) is 0 Å². The lowest BCUT2D eigenvalue weighted by Gasteiger charge is -2.06. The highest BCUT2D eigenvalue weighted by Gasteiger charge is 2.01. The second kappa shape index (κ2) is 6.53. The van der Waals surface area contributed by atoms with E-state index in [1.165, 1.54) is 5.56 Å². The van der Waals surface area contributed by atoms with Crippen molar-refractivity contribution >= 4 is 11.6 Å². The molecular weight excluding hydrogens is 244 g/mol. The van der Waals surface area contributed by atoms with Gasteiger partial charge in [0.1, 0.15) is 0 Å². The first-order chi connectivity index (χ1) is 8.79. The van der Waals surface area contributed by atoms with Crippen LogP contribution in [0.25, 0.3) is 11.1 Å². The number of halogens is 1. The Morgan fingerprint density at radius 1 is 1.17 bits per heavy atom. The summed E-state index contributed by atoms with van der Waals surface area (Å²) in [5.74, 6) is 0. The third-order valence-corrected chi connectivity index (χ3v) is 2.94. The van der Waals surface area contributed by atoms with Gasteiger partial charge in [0.2, 0.25) is 0 Å². The third-order valence-electron chi connectivity index (χ3n) is 2.71. The molecule has 1 heterocycles. The molecule has 0 saturated heterocycles. The van der Waals surface area contributed by atoms with E-state index in [1.807, 2.05) is 36.7 Å². The van der Waals surface area contributed by atoms with E-state index in [2.05, 4.69) is 23.3 Å². The monoisotopic (exact) mass is 260 g/mol. The molecule has 0 aliphatic carbocycles. The Morgan fingerprint density at radius 2 is 2.06 bits per heavy atom. The summed E-state index contributed by atoms with van der Waals surface area (Å²) < 4.78 is 0. The van der Waals surface area contributed by atoms with E-state index in [0.29, 0.717) is 0 Å². The molecule has 2 nitrogen and oxygen atoms in total. The Labute approximate surface area is 113 Å². The summed E-state index contributed by atoms with van der Waals surface area (Å²) in [6.45, 7) is 4.05. The van der Waals surface area contributed by atoms with Crippen LogP contribution in [0, 0.1) is 0 Å². The van der Waals surface area contributed by atoms with Crippen LogP contribution in [0.2, 0.25) is 5.02 Å². The zero-order valence-electron chi connectivity index (χ0n) is 10.5. The fourth-order valence-electron chi connectivity index (χ4n) is 1.82. The first-order valence-electron chi connectivity index (χ1n) is 6.20. The minimum absolute atomic E-state index is 0.752. The molecule has 0 radical (unpaired) electrons. The maximum atomic E-state index is 6.00. The zero-order valence-corrected chi connectivity index (χ0v) is 11.2. The van der Waals surface area contributed by atoms with E-state index in [4.69, 9.17) is 11.6 Å². The van der Waals surface area contributed by atoms with Crippen LogP contribution in [0.1, 0.15) is 18.9 Å². The Hall–Kier alpha value is -1.38. The lowest BCUT2D eigenvalue weighted by Crippen LogP contribution is -2.13. The van der Waals surface area contributed by atoms with Crippen molar-refractivity contribution in [2.24, 2.45) is 0 Å². The zero-order chi connectivity index (χ0) is 12.8. The van der Waals surface area contributed by atoms with Crippen LogP contribution >= 0.6 is 11.6 Å². The first-order valence-corrected chi connectivity index (χ1v) is 6.58. The van der Waals surface area contributed by atoms with E-state index in [-0.39, 0.29) is 0 Å². The second-order valence-corrected chi connectivity index (χ2v) is 4.71. The van der Waals surface area contributed by atoms with Gasteiger partial charge in [-0.15, -0.1) is 0 Å².